The monoisotopic (exact) mass is 331 g/mol. The SMILES string of the molecule is CCCc1cc(=O)[nH]c(Nc2ccc(C(=O)OCCOC)cc2)n1. The molecule has 0 spiro atoms. The molecule has 7 nitrogen and oxygen atoms in total. The second-order valence-electron chi connectivity index (χ2n) is 5.17. The first kappa shape index (κ1) is 17.7. The quantitative estimate of drug-likeness (QED) is 0.569. The lowest BCUT2D eigenvalue weighted by Crippen LogP contribution is -2.12. The van der Waals surface area contributed by atoms with Crippen LogP contribution in [0.3, 0.4) is 0 Å². The lowest BCUT2D eigenvalue weighted by atomic mass is 10.2. The number of methoxy groups -OCH3 is 1. The summed E-state index contributed by atoms with van der Waals surface area (Å²) < 4.78 is 9.87. The van der Waals surface area contributed by atoms with Gasteiger partial charge in [0.2, 0.25) is 5.95 Å². The molecule has 128 valence electrons. The predicted octanol–water partition coefficient (Wildman–Crippen LogP) is 2.27. The highest BCUT2D eigenvalue weighted by molar-refractivity contribution is 5.89. The summed E-state index contributed by atoms with van der Waals surface area (Å²) in [5.41, 5.74) is 1.69. The third-order valence-electron chi connectivity index (χ3n) is 3.20. The van der Waals surface area contributed by atoms with E-state index < -0.39 is 5.97 Å². The highest BCUT2D eigenvalue weighted by Gasteiger charge is 2.07. The molecule has 0 aliphatic rings. The predicted molar refractivity (Wildman–Crippen MR) is 90.7 cm³/mol. The molecule has 0 saturated heterocycles. The summed E-state index contributed by atoms with van der Waals surface area (Å²) in [7, 11) is 1.54. The maximum Gasteiger partial charge on any atom is 0.338 e. The third-order valence-corrected chi connectivity index (χ3v) is 3.20. The standard InChI is InChI=1S/C17H21N3O4/c1-3-4-14-11-15(21)20-17(19-14)18-13-7-5-12(6-8-13)16(22)24-10-9-23-2/h5-8,11H,3-4,9-10H2,1-2H3,(H2,18,19,20,21). The number of carbonyl (C=O) groups excluding carboxylic acids is 1. The van der Waals surface area contributed by atoms with Gasteiger partial charge in [0.05, 0.1) is 12.2 Å². The van der Waals surface area contributed by atoms with Gasteiger partial charge in [0, 0.05) is 24.6 Å². The minimum Gasteiger partial charge on any atom is -0.460 e. The van der Waals surface area contributed by atoms with Crippen LogP contribution >= 0.6 is 0 Å². The van der Waals surface area contributed by atoms with Crippen molar-refractivity contribution in [2.75, 3.05) is 25.6 Å². The van der Waals surface area contributed by atoms with Crippen LogP contribution in [0.4, 0.5) is 11.6 Å². The van der Waals surface area contributed by atoms with Gasteiger partial charge in [-0.2, -0.15) is 0 Å². The Morgan fingerprint density at radius 3 is 2.67 bits per heavy atom. The minimum absolute atomic E-state index is 0.200. The molecule has 24 heavy (non-hydrogen) atoms. The molecule has 0 saturated carbocycles. The molecule has 0 unspecified atom stereocenters. The van der Waals surface area contributed by atoms with Crippen molar-refractivity contribution in [3.8, 4) is 0 Å². The largest absolute Gasteiger partial charge is 0.460 e. The van der Waals surface area contributed by atoms with Crippen LogP contribution in [0.2, 0.25) is 0 Å². The number of hydrogen-bond donors (Lipinski definition) is 2. The van der Waals surface area contributed by atoms with Gasteiger partial charge in [0.25, 0.3) is 5.56 Å². The van der Waals surface area contributed by atoms with E-state index in [1.807, 2.05) is 6.92 Å². The van der Waals surface area contributed by atoms with E-state index in [4.69, 9.17) is 9.47 Å². The van der Waals surface area contributed by atoms with Gasteiger partial charge in [0.1, 0.15) is 6.61 Å². The van der Waals surface area contributed by atoms with E-state index in [9.17, 15) is 9.59 Å². The van der Waals surface area contributed by atoms with E-state index in [2.05, 4.69) is 15.3 Å². The number of aromatic amines is 1. The molecule has 1 aromatic heterocycles. The molecule has 0 bridgehead atoms. The van der Waals surface area contributed by atoms with Crippen molar-refractivity contribution in [2.45, 2.75) is 19.8 Å². The average Bonchev–Trinajstić information content (AvgIpc) is 2.55. The van der Waals surface area contributed by atoms with Gasteiger partial charge in [-0.05, 0) is 30.7 Å². The van der Waals surface area contributed by atoms with Gasteiger partial charge in [0.15, 0.2) is 0 Å². The first-order valence-corrected chi connectivity index (χ1v) is 7.75. The van der Waals surface area contributed by atoms with Crippen LogP contribution in [0.1, 0.15) is 29.4 Å². The van der Waals surface area contributed by atoms with Crippen molar-refractivity contribution in [1.29, 1.82) is 0 Å². The number of anilines is 2. The highest BCUT2D eigenvalue weighted by atomic mass is 16.6. The smallest absolute Gasteiger partial charge is 0.338 e. The lowest BCUT2D eigenvalue weighted by Gasteiger charge is -2.08. The Kier molecular flexibility index (Phi) is 6.51. The van der Waals surface area contributed by atoms with Crippen LogP contribution in [0.25, 0.3) is 0 Å². The summed E-state index contributed by atoms with van der Waals surface area (Å²) in [5, 5.41) is 3.02. The number of H-pyrrole nitrogens is 1. The summed E-state index contributed by atoms with van der Waals surface area (Å²) >= 11 is 0. The van der Waals surface area contributed by atoms with Gasteiger partial charge in [-0.25, -0.2) is 9.78 Å². The Hall–Kier alpha value is -2.67. The molecule has 2 N–H and O–H groups in total. The topological polar surface area (TPSA) is 93.3 Å². The normalized spacial score (nSPS) is 10.4. The maximum absolute atomic E-state index is 11.8. The number of nitrogens with zero attached hydrogens (tertiary/aromatic N) is 1. The highest BCUT2D eigenvalue weighted by Crippen LogP contribution is 2.14. The van der Waals surface area contributed by atoms with Crippen molar-refractivity contribution in [1.82, 2.24) is 9.97 Å². The number of carbonyl (C=O) groups is 1. The molecule has 2 rings (SSSR count). The van der Waals surface area contributed by atoms with Gasteiger partial charge in [-0.3, -0.25) is 9.78 Å². The molecule has 0 aliphatic heterocycles. The van der Waals surface area contributed by atoms with Crippen molar-refractivity contribution in [2.24, 2.45) is 0 Å². The zero-order chi connectivity index (χ0) is 17.4. The maximum atomic E-state index is 11.8. The van der Waals surface area contributed by atoms with Crippen molar-refractivity contribution >= 4 is 17.6 Å². The Morgan fingerprint density at radius 1 is 1.25 bits per heavy atom. The van der Waals surface area contributed by atoms with Crippen LogP contribution in [-0.4, -0.2) is 36.3 Å². The van der Waals surface area contributed by atoms with E-state index >= 15 is 0 Å². The van der Waals surface area contributed by atoms with Gasteiger partial charge in [-0.15, -0.1) is 0 Å². The number of aryl methyl sites for hydroxylation is 1. The molecule has 0 atom stereocenters. The fourth-order valence-electron chi connectivity index (χ4n) is 2.08. The van der Waals surface area contributed by atoms with E-state index in [0.29, 0.717) is 23.8 Å². The summed E-state index contributed by atoms with van der Waals surface area (Å²) in [5.74, 6) is -0.0311. The van der Waals surface area contributed by atoms with E-state index in [1.165, 1.54) is 6.07 Å². The Bertz CT molecular complexity index is 725. The first-order chi connectivity index (χ1) is 11.6. The molecule has 1 heterocycles. The second kappa shape index (κ2) is 8.83. The van der Waals surface area contributed by atoms with Gasteiger partial charge in [-0.1, -0.05) is 13.3 Å². The number of rotatable bonds is 8. The molecule has 0 aliphatic carbocycles. The zero-order valence-corrected chi connectivity index (χ0v) is 13.8. The Morgan fingerprint density at radius 2 is 2.00 bits per heavy atom. The molecular weight excluding hydrogens is 310 g/mol. The van der Waals surface area contributed by atoms with E-state index in [1.54, 1.807) is 31.4 Å². The fraction of sp³-hybridized carbons (Fsp3) is 0.353. The fourth-order valence-corrected chi connectivity index (χ4v) is 2.08. The van der Waals surface area contributed by atoms with Crippen LogP contribution in [0.15, 0.2) is 35.1 Å². The van der Waals surface area contributed by atoms with Crippen molar-refractivity contribution < 1.29 is 14.3 Å². The number of ether oxygens (including phenoxy) is 2. The Labute approximate surface area is 140 Å². The number of benzene rings is 1. The van der Waals surface area contributed by atoms with Crippen molar-refractivity contribution in [3.05, 3.63) is 51.9 Å². The number of hydrogen-bond acceptors (Lipinski definition) is 6. The first-order valence-electron chi connectivity index (χ1n) is 7.75. The van der Waals surface area contributed by atoms with E-state index in [-0.39, 0.29) is 12.2 Å². The molecule has 0 fully saturated rings. The molecule has 0 amide bonds. The zero-order valence-electron chi connectivity index (χ0n) is 13.8. The molecule has 0 radical (unpaired) electrons. The van der Waals surface area contributed by atoms with Crippen molar-refractivity contribution in [3.63, 3.8) is 0 Å². The minimum atomic E-state index is -0.407. The summed E-state index contributed by atoms with van der Waals surface area (Å²) in [6.45, 7) is 2.60. The van der Waals surface area contributed by atoms with Crippen LogP contribution in [0.5, 0.6) is 0 Å². The van der Waals surface area contributed by atoms with Gasteiger partial charge >= 0.3 is 5.97 Å². The number of aromatic nitrogens is 2. The Balaban J connectivity index is 2.03. The molecule has 7 heteroatoms. The summed E-state index contributed by atoms with van der Waals surface area (Å²) in [4.78, 5) is 30.4. The van der Waals surface area contributed by atoms with E-state index in [0.717, 1.165) is 18.5 Å². The summed E-state index contributed by atoms with van der Waals surface area (Å²) in [6, 6.07) is 8.23. The lowest BCUT2D eigenvalue weighted by molar-refractivity contribution is 0.0388. The molecular formula is C17H21N3O4. The number of esters is 1. The third kappa shape index (κ3) is 5.20. The average molecular weight is 331 g/mol. The van der Waals surface area contributed by atoms with Crippen LogP contribution < -0.4 is 10.9 Å². The number of nitrogens with one attached hydrogen (secondary N) is 2. The van der Waals surface area contributed by atoms with Crippen LogP contribution in [0, 0.1) is 0 Å². The van der Waals surface area contributed by atoms with Crippen LogP contribution in [-0.2, 0) is 15.9 Å². The summed E-state index contributed by atoms with van der Waals surface area (Å²) in [6.07, 6.45) is 1.65. The second-order valence-corrected chi connectivity index (χ2v) is 5.17. The van der Waals surface area contributed by atoms with Gasteiger partial charge < -0.3 is 14.8 Å². The molecule has 1 aromatic carbocycles. The molecule has 2 aromatic rings.